The summed E-state index contributed by atoms with van der Waals surface area (Å²) in [6.07, 6.45) is 1.32. The van der Waals surface area contributed by atoms with Crippen molar-refractivity contribution in [2.75, 3.05) is 13.1 Å². The van der Waals surface area contributed by atoms with Gasteiger partial charge >= 0.3 is 0 Å². The lowest BCUT2D eigenvalue weighted by atomic mass is 10.1. The standard InChI is InChI=1S/C20H19ClN2O3S/c21-17-6-8-18(9-7-17)27(25,26)19-11-12-23(14-19)20(24)10-5-15-1-3-16(13-22)4-2-15/h1-4,6-9,19H,5,10-12,14H2. The second kappa shape index (κ2) is 8.12. The van der Waals surface area contributed by atoms with E-state index in [4.69, 9.17) is 16.9 Å². The molecular weight excluding hydrogens is 384 g/mol. The van der Waals surface area contributed by atoms with Gasteiger partial charge in [0.05, 0.1) is 21.8 Å². The Morgan fingerprint density at radius 2 is 1.81 bits per heavy atom. The first kappa shape index (κ1) is 19.4. The Balaban J connectivity index is 1.58. The topological polar surface area (TPSA) is 78.2 Å². The fraction of sp³-hybridized carbons (Fsp3) is 0.300. The van der Waals surface area contributed by atoms with E-state index in [1.807, 2.05) is 12.1 Å². The zero-order chi connectivity index (χ0) is 19.4. The van der Waals surface area contributed by atoms with E-state index >= 15 is 0 Å². The minimum atomic E-state index is -3.48. The van der Waals surface area contributed by atoms with Gasteiger partial charge in [0.1, 0.15) is 0 Å². The second-order valence-electron chi connectivity index (χ2n) is 6.56. The van der Waals surface area contributed by atoms with E-state index in [1.54, 1.807) is 29.2 Å². The Kier molecular flexibility index (Phi) is 5.83. The Morgan fingerprint density at radius 3 is 2.44 bits per heavy atom. The predicted molar refractivity (Wildman–Crippen MR) is 103 cm³/mol. The van der Waals surface area contributed by atoms with Crippen molar-refractivity contribution < 1.29 is 13.2 Å². The summed E-state index contributed by atoms with van der Waals surface area (Å²) in [5, 5.41) is 8.71. The van der Waals surface area contributed by atoms with Crippen molar-refractivity contribution in [3.63, 3.8) is 0 Å². The fourth-order valence-electron chi connectivity index (χ4n) is 3.18. The number of sulfone groups is 1. The van der Waals surface area contributed by atoms with Crippen LogP contribution in [-0.4, -0.2) is 37.6 Å². The van der Waals surface area contributed by atoms with E-state index < -0.39 is 15.1 Å². The van der Waals surface area contributed by atoms with Crippen molar-refractivity contribution in [1.82, 2.24) is 4.90 Å². The van der Waals surface area contributed by atoms with Crippen LogP contribution in [0.2, 0.25) is 5.02 Å². The highest BCUT2D eigenvalue weighted by atomic mass is 35.5. The van der Waals surface area contributed by atoms with Gasteiger partial charge < -0.3 is 4.90 Å². The first-order chi connectivity index (χ1) is 12.9. The Bertz CT molecular complexity index is 964. The normalized spacial score (nSPS) is 16.9. The molecule has 5 nitrogen and oxygen atoms in total. The minimum absolute atomic E-state index is 0.0480. The smallest absolute Gasteiger partial charge is 0.222 e. The monoisotopic (exact) mass is 402 g/mol. The van der Waals surface area contributed by atoms with Crippen LogP contribution in [0.1, 0.15) is 24.0 Å². The van der Waals surface area contributed by atoms with Gasteiger partial charge in [-0.3, -0.25) is 4.79 Å². The van der Waals surface area contributed by atoms with Crippen molar-refractivity contribution in [3.8, 4) is 6.07 Å². The van der Waals surface area contributed by atoms with Crippen molar-refractivity contribution in [1.29, 1.82) is 5.26 Å². The van der Waals surface area contributed by atoms with Crippen molar-refractivity contribution in [3.05, 3.63) is 64.7 Å². The van der Waals surface area contributed by atoms with Gasteiger partial charge in [-0.25, -0.2) is 8.42 Å². The summed E-state index contributed by atoms with van der Waals surface area (Å²) in [6.45, 7) is 0.668. The van der Waals surface area contributed by atoms with E-state index in [1.165, 1.54) is 12.1 Å². The maximum Gasteiger partial charge on any atom is 0.222 e. The number of hydrogen-bond donors (Lipinski definition) is 0. The number of aryl methyl sites for hydroxylation is 1. The molecule has 1 saturated heterocycles. The molecule has 0 spiro atoms. The van der Waals surface area contributed by atoms with E-state index in [0.717, 1.165) is 5.56 Å². The molecule has 3 rings (SSSR count). The molecule has 1 amide bonds. The van der Waals surface area contributed by atoms with E-state index in [-0.39, 0.29) is 17.3 Å². The Hall–Kier alpha value is -2.36. The third-order valence-electron chi connectivity index (χ3n) is 4.79. The van der Waals surface area contributed by atoms with Gasteiger partial charge in [0.15, 0.2) is 9.84 Å². The molecule has 1 aliphatic rings. The number of carbonyl (C=O) groups excluding carboxylic acids is 1. The number of halogens is 1. The number of nitrogens with zero attached hydrogens (tertiary/aromatic N) is 2. The summed E-state index contributed by atoms with van der Waals surface area (Å²) >= 11 is 5.82. The summed E-state index contributed by atoms with van der Waals surface area (Å²) in [7, 11) is -3.48. The fourth-order valence-corrected chi connectivity index (χ4v) is 5.00. The molecule has 1 fully saturated rings. The zero-order valence-corrected chi connectivity index (χ0v) is 16.2. The molecule has 1 aliphatic heterocycles. The number of nitriles is 1. The third kappa shape index (κ3) is 4.49. The lowest BCUT2D eigenvalue weighted by Gasteiger charge is -2.17. The number of amides is 1. The molecule has 0 N–H and O–H groups in total. The van der Waals surface area contributed by atoms with Gasteiger partial charge in [-0.15, -0.1) is 0 Å². The zero-order valence-electron chi connectivity index (χ0n) is 14.6. The molecule has 2 aromatic rings. The van der Waals surface area contributed by atoms with Gasteiger partial charge in [0.25, 0.3) is 0 Å². The molecule has 2 aromatic carbocycles. The van der Waals surface area contributed by atoms with Gasteiger partial charge in [0.2, 0.25) is 5.91 Å². The molecule has 140 valence electrons. The average Bonchev–Trinajstić information content (AvgIpc) is 3.18. The SMILES string of the molecule is N#Cc1ccc(CCC(=O)N2CCC(S(=O)(=O)c3ccc(Cl)cc3)C2)cc1. The van der Waals surface area contributed by atoms with Crippen LogP contribution in [0.25, 0.3) is 0 Å². The lowest BCUT2D eigenvalue weighted by molar-refractivity contribution is -0.130. The van der Waals surface area contributed by atoms with Gasteiger partial charge in [0, 0.05) is 24.5 Å². The molecule has 0 radical (unpaired) electrons. The summed E-state index contributed by atoms with van der Waals surface area (Å²) < 4.78 is 25.5. The van der Waals surface area contributed by atoms with Gasteiger partial charge in [-0.05, 0) is 54.8 Å². The Labute approximate surface area is 164 Å². The van der Waals surface area contributed by atoms with Crippen LogP contribution in [-0.2, 0) is 21.1 Å². The number of likely N-dealkylation sites (tertiary alicyclic amines) is 1. The van der Waals surface area contributed by atoms with Crippen LogP contribution in [0.4, 0.5) is 0 Å². The summed E-state index contributed by atoms with van der Waals surface area (Å²) in [4.78, 5) is 14.3. The summed E-state index contributed by atoms with van der Waals surface area (Å²) in [5.41, 5.74) is 1.56. The number of benzene rings is 2. The van der Waals surface area contributed by atoms with E-state index in [2.05, 4.69) is 6.07 Å². The maximum absolute atomic E-state index is 12.7. The molecule has 0 aromatic heterocycles. The highest BCUT2D eigenvalue weighted by Crippen LogP contribution is 2.25. The molecule has 1 unspecified atom stereocenters. The van der Waals surface area contributed by atoms with Crippen LogP contribution in [0.15, 0.2) is 53.4 Å². The molecule has 0 aliphatic carbocycles. The lowest BCUT2D eigenvalue weighted by Crippen LogP contribution is -2.32. The minimum Gasteiger partial charge on any atom is -0.341 e. The van der Waals surface area contributed by atoms with Crippen LogP contribution in [0.3, 0.4) is 0 Å². The maximum atomic E-state index is 12.7. The van der Waals surface area contributed by atoms with Crippen LogP contribution < -0.4 is 0 Å². The van der Waals surface area contributed by atoms with E-state index in [9.17, 15) is 13.2 Å². The van der Waals surface area contributed by atoms with Crippen LogP contribution >= 0.6 is 11.6 Å². The van der Waals surface area contributed by atoms with Crippen molar-refractivity contribution in [2.24, 2.45) is 0 Å². The van der Waals surface area contributed by atoms with Crippen molar-refractivity contribution >= 4 is 27.3 Å². The third-order valence-corrected chi connectivity index (χ3v) is 7.23. The van der Waals surface area contributed by atoms with Crippen molar-refractivity contribution in [2.45, 2.75) is 29.4 Å². The molecule has 0 bridgehead atoms. The van der Waals surface area contributed by atoms with Crippen LogP contribution in [0, 0.1) is 11.3 Å². The average molecular weight is 403 g/mol. The predicted octanol–water partition coefficient (Wildman–Crippen LogP) is 3.22. The van der Waals surface area contributed by atoms with Crippen LogP contribution in [0.5, 0.6) is 0 Å². The Morgan fingerprint density at radius 1 is 1.15 bits per heavy atom. The first-order valence-electron chi connectivity index (χ1n) is 8.66. The molecule has 0 saturated carbocycles. The van der Waals surface area contributed by atoms with Gasteiger partial charge in [-0.1, -0.05) is 23.7 Å². The number of rotatable bonds is 5. The molecule has 7 heteroatoms. The van der Waals surface area contributed by atoms with E-state index in [0.29, 0.717) is 36.4 Å². The quantitative estimate of drug-likeness (QED) is 0.769. The molecule has 1 atom stereocenters. The number of carbonyl (C=O) groups is 1. The molecule has 1 heterocycles. The van der Waals surface area contributed by atoms with Gasteiger partial charge in [-0.2, -0.15) is 5.26 Å². The molecule has 27 heavy (non-hydrogen) atoms. The largest absolute Gasteiger partial charge is 0.341 e. The first-order valence-corrected chi connectivity index (χ1v) is 10.6. The number of hydrogen-bond acceptors (Lipinski definition) is 4. The summed E-state index contributed by atoms with van der Waals surface area (Å²) in [6, 6.07) is 15.3. The highest BCUT2D eigenvalue weighted by molar-refractivity contribution is 7.92. The highest BCUT2D eigenvalue weighted by Gasteiger charge is 2.35. The summed E-state index contributed by atoms with van der Waals surface area (Å²) in [5.74, 6) is -0.0480. The molecular formula is C20H19ClN2O3S. The second-order valence-corrected chi connectivity index (χ2v) is 9.22.